The molecule has 0 atom stereocenters. The van der Waals surface area contributed by atoms with Crippen LogP contribution in [0.5, 0.6) is 0 Å². The van der Waals surface area contributed by atoms with E-state index in [1.165, 1.54) is 17.3 Å². The third kappa shape index (κ3) is 2.91. The number of nitrogens with one attached hydrogen (secondary N) is 2. The van der Waals surface area contributed by atoms with Crippen molar-refractivity contribution >= 4 is 11.9 Å². The fourth-order valence-electron chi connectivity index (χ4n) is 1.54. The molecule has 21 heavy (non-hydrogen) atoms. The smallest absolute Gasteiger partial charge is 0.258 e. The zero-order chi connectivity index (χ0) is 14.7. The van der Waals surface area contributed by atoms with Gasteiger partial charge < -0.3 is 15.2 Å². The van der Waals surface area contributed by atoms with Crippen LogP contribution < -0.4 is 10.6 Å². The molecule has 0 saturated heterocycles. The molecule has 3 rings (SSSR count). The van der Waals surface area contributed by atoms with Crippen LogP contribution in [0.25, 0.3) is 5.95 Å². The summed E-state index contributed by atoms with van der Waals surface area (Å²) in [6, 6.07) is 0. The van der Waals surface area contributed by atoms with Crippen molar-refractivity contribution in [2.24, 2.45) is 0 Å². The Bertz CT molecular complexity index is 721. The number of hydrogen-bond acceptors (Lipinski definition) is 10. The lowest BCUT2D eigenvalue weighted by Crippen LogP contribution is -2.11. The molecule has 0 aliphatic rings. The van der Waals surface area contributed by atoms with Gasteiger partial charge in [0, 0.05) is 7.05 Å². The van der Waals surface area contributed by atoms with Gasteiger partial charge in [0.2, 0.25) is 17.8 Å². The minimum absolute atomic E-state index is 0.310. The van der Waals surface area contributed by atoms with Crippen molar-refractivity contribution in [2.75, 3.05) is 17.7 Å². The van der Waals surface area contributed by atoms with Crippen LogP contribution in [0.1, 0.15) is 11.7 Å². The molecule has 0 aromatic carbocycles. The van der Waals surface area contributed by atoms with E-state index < -0.39 is 0 Å². The van der Waals surface area contributed by atoms with E-state index in [1.807, 2.05) is 0 Å². The second-order valence-electron chi connectivity index (χ2n) is 3.96. The zero-order valence-corrected chi connectivity index (χ0v) is 11.3. The first-order valence-corrected chi connectivity index (χ1v) is 6.06. The second-order valence-corrected chi connectivity index (χ2v) is 3.96. The molecule has 11 nitrogen and oxygen atoms in total. The topological polar surface area (TPSA) is 132 Å². The predicted molar refractivity (Wildman–Crippen MR) is 70.7 cm³/mol. The van der Waals surface area contributed by atoms with Gasteiger partial charge in [-0.3, -0.25) is 0 Å². The third-order valence-electron chi connectivity index (χ3n) is 2.44. The van der Waals surface area contributed by atoms with Crippen molar-refractivity contribution in [3.63, 3.8) is 0 Å². The van der Waals surface area contributed by atoms with E-state index >= 15 is 0 Å². The van der Waals surface area contributed by atoms with Gasteiger partial charge in [0.1, 0.15) is 12.7 Å². The van der Waals surface area contributed by atoms with Crippen LogP contribution in [0.4, 0.5) is 11.9 Å². The number of hydrogen-bond donors (Lipinski definition) is 2. The summed E-state index contributed by atoms with van der Waals surface area (Å²) in [4.78, 5) is 20.6. The first-order valence-electron chi connectivity index (χ1n) is 6.06. The molecule has 3 heterocycles. The summed E-state index contributed by atoms with van der Waals surface area (Å²) in [5.74, 6) is 2.12. The van der Waals surface area contributed by atoms with Crippen LogP contribution >= 0.6 is 0 Å². The van der Waals surface area contributed by atoms with Crippen molar-refractivity contribution in [1.29, 1.82) is 0 Å². The van der Waals surface area contributed by atoms with E-state index in [4.69, 9.17) is 4.52 Å². The summed E-state index contributed by atoms with van der Waals surface area (Å²) < 4.78 is 6.44. The van der Waals surface area contributed by atoms with Gasteiger partial charge in [-0.2, -0.15) is 29.7 Å². The van der Waals surface area contributed by atoms with Crippen molar-refractivity contribution < 1.29 is 4.52 Å². The fourth-order valence-corrected chi connectivity index (χ4v) is 1.54. The highest BCUT2D eigenvalue weighted by molar-refractivity contribution is 5.37. The molecule has 0 saturated carbocycles. The number of aryl methyl sites for hydroxylation is 1. The van der Waals surface area contributed by atoms with Gasteiger partial charge in [-0.1, -0.05) is 5.16 Å². The average molecular weight is 288 g/mol. The summed E-state index contributed by atoms with van der Waals surface area (Å²) in [5.41, 5.74) is 0. The molecule has 11 heteroatoms. The summed E-state index contributed by atoms with van der Waals surface area (Å²) in [6.07, 6.45) is 2.90. The molecule has 0 fully saturated rings. The molecule has 0 amide bonds. The van der Waals surface area contributed by atoms with E-state index in [-0.39, 0.29) is 0 Å². The molecule has 108 valence electrons. The maximum atomic E-state index is 5.01. The second kappa shape index (κ2) is 5.48. The van der Waals surface area contributed by atoms with Crippen LogP contribution in [0.3, 0.4) is 0 Å². The first kappa shape index (κ1) is 12.9. The molecule has 3 aromatic heterocycles. The molecule has 2 N–H and O–H groups in total. The maximum absolute atomic E-state index is 5.01. The standard InChI is InChI=1S/C10H12N10O/c1-6-15-7(21-19-6)3-13-9-16-8(11-2)17-10(18-9)20-5-12-4-14-20/h4-5H,3H2,1-2H3,(H2,11,13,16,17,18). The minimum Gasteiger partial charge on any atom is -0.357 e. The Kier molecular flexibility index (Phi) is 3.37. The Morgan fingerprint density at radius 2 is 2.05 bits per heavy atom. The van der Waals surface area contributed by atoms with E-state index in [2.05, 4.69) is 45.8 Å². The normalized spacial score (nSPS) is 10.6. The lowest BCUT2D eigenvalue weighted by atomic mass is 10.6. The van der Waals surface area contributed by atoms with Gasteiger partial charge >= 0.3 is 0 Å². The Labute approximate surface area is 118 Å². The van der Waals surface area contributed by atoms with E-state index in [9.17, 15) is 0 Å². The largest absolute Gasteiger partial charge is 0.357 e. The highest BCUT2D eigenvalue weighted by Gasteiger charge is 2.09. The maximum Gasteiger partial charge on any atom is 0.258 e. The van der Waals surface area contributed by atoms with Gasteiger partial charge in [0.25, 0.3) is 5.95 Å². The lowest BCUT2D eigenvalue weighted by Gasteiger charge is -2.06. The summed E-state index contributed by atoms with van der Waals surface area (Å²) in [7, 11) is 1.71. The third-order valence-corrected chi connectivity index (χ3v) is 2.44. The molecule has 0 radical (unpaired) electrons. The van der Waals surface area contributed by atoms with Crippen molar-refractivity contribution in [2.45, 2.75) is 13.5 Å². The van der Waals surface area contributed by atoms with Crippen LogP contribution in [-0.4, -0.2) is 46.9 Å². The number of nitrogens with zero attached hydrogens (tertiary/aromatic N) is 8. The SMILES string of the molecule is CNc1nc(NCc2nc(C)no2)nc(-n2cncn2)n1. The molecule has 0 spiro atoms. The molecular formula is C10H12N10O. The highest BCUT2D eigenvalue weighted by atomic mass is 16.5. The van der Waals surface area contributed by atoms with Crippen LogP contribution in [0.2, 0.25) is 0 Å². The monoisotopic (exact) mass is 288 g/mol. The molecule has 0 aliphatic carbocycles. The van der Waals surface area contributed by atoms with Crippen molar-refractivity contribution in [1.82, 2.24) is 39.9 Å². The summed E-state index contributed by atoms with van der Waals surface area (Å²) in [6.45, 7) is 2.06. The number of aromatic nitrogens is 8. The van der Waals surface area contributed by atoms with Gasteiger partial charge in [0.15, 0.2) is 5.82 Å². The van der Waals surface area contributed by atoms with Crippen LogP contribution in [-0.2, 0) is 6.54 Å². The summed E-state index contributed by atoms with van der Waals surface area (Å²) in [5, 5.41) is 13.5. The van der Waals surface area contributed by atoms with Crippen LogP contribution in [0.15, 0.2) is 17.2 Å². The molecule has 0 aliphatic heterocycles. The number of rotatable bonds is 5. The summed E-state index contributed by atoms with van der Waals surface area (Å²) >= 11 is 0. The van der Waals surface area contributed by atoms with E-state index in [0.29, 0.717) is 36.1 Å². The molecule has 0 unspecified atom stereocenters. The quantitative estimate of drug-likeness (QED) is 0.650. The first-order chi connectivity index (χ1) is 10.2. The molecule has 0 bridgehead atoms. The Morgan fingerprint density at radius 3 is 2.71 bits per heavy atom. The van der Waals surface area contributed by atoms with Gasteiger partial charge in [-0.25, -0.2) is 4.98 Å². The van der Waals surface area contributed by atoms with Crippen molar-refractivity contribution in [3.8, 4) is 5.95 Å². The van der Waals surface area contributed by atoms with Gasteiger partial charge in [0.05, 0.1) is 6.54 Å². The average Bonchev–Trinajstić information content (AvgIpc) is 3.16. The Balaban J connectivity index is 1.82. The van der Waals surface area contributed by atoms with Gasteiger partial charge in [-0.05, 0) is 6.92 Å². The molecular weight excluding hydrogens is 276 g/mol. The van der Waals surface area contributed by atoms with Gasteiger partial charge in [-0.15, -0.1) is 0 Å². The van der Waals surface area contributed by atoms with E-state index in [1.54, 1.807) is 14.0 Å². The minimum atomic E-state index is 0.310. The van der Waals surface area contributed by atoms with Crippen molar-refractivity contribution in [3.05, 3.63) is 24.4 Å². The lowest BCUT2D eigenvalue weighted by molar-refractivity contribution is 0.379. The predicted octanol–water partition coefficient (Wildman–Crippen LogP) is -0.202. The van der Waals surface area contributed by atoms with Crippen LogP contribution in [0, 0.1) is 6.92 Å². The Hall–Kier alpha value is -3.11. The highest BCUT2D eigenvalue weighted by Crippen LogP contribution is 2.09. The Morgan fingerprint density at radius 1 is 1.19 bits per heavy atom. The fraction of sp³-hybridized carbons (Fsp3) is 0.300. The molecule has 3 aromatic rings. The zero-order valence-electron chi connectivity index (χ0n) is 11.3. The van der Waals surface area contributed by atoms with E-state index in [0.717, 1.165) is 0 Å². The number of anilines is 2.